The monoisotopic (exact) mass is 462 g/mol. The van der Waals surface area contributed by atoms with Gasteiger partial charge in [-0.2, -0.15) is 5.26 Å². The molecule has 0 aromatic heterocycles. The number of thioether (sulfide) groups is 1. The van der Waals surface area contributed by atoms with E-state index in [-0.39, 0.29) is 28.8 Å². The van der Waals surface area contributed by atoms with Gasteiger partial charge in [-0.25, -0.2) is 9.38 Å². The third kappa shape index (κ3) is 5.00. The van der Waals surface area contributed by atoms with Gasteiger partial charge >= 0.3 is 0 Å². The van der Waals surface area contributed by atoms with E-state index in [1.54, 1.807) is 30.3 Å². The molecule has 10 heteroatoms. The van der Waals surface area contributed by atoms with Crippen LogP contribution in [0.3, 0.4) is 0 Å². The predicted molar refractivity (Wildman–Crippen MR) is 117 cm³/mol. The van der Waals surface area contributed by atoms with Crippen LogP contribution in [-0.2, 0) is 9.59 Å². The Morgan fingerprint density at radius 2 is 2.03 bits per heavy atom. The van der Waals surface area contributed by atoms with E-state index in [1.165, 1.54) is 24.3 Å². The lowest BCUT2D eigenvalue weighted by Gasteiger charge is -2.18. The molecule has 1 heterocycles. The summed E-state index contributed by atoms with van der Waals surface area (Å²) in [5, 5.41) is 11.8. The number of anilines is 1. The standard InChI is InChI=1S/C20H13Cl2FN4O2S/c21-13-6-5-12(9-14(13)22)10-16-19(29)27(17-4-2-1-3-15(17)23)20(26-16)30-11-18(28)25-8-7-24/h1-6,9-10H,8,11H2,(H,25,28)/b16-10-. The Balaban J connectivity index is 1.94. The van der Waals surface area contributed by atoms with Crippen LogP contribution in [0.1, 0.15) is 5.56 Å². The molecular weight excluding hydrogens is 450 g/mol. The van der Waals surface area contributed by atoms with Gasteiger partial charge in [-0.15, -0.1) is 0 Å². The van der Waals surface area contributed by atoms with Crippen LogP contribution in [0.25, 0.3) is 6.08 Å². The van der Waals surface area contributed by atoms with Gasteiger partial charge in [0.2, 0.25) is 5.91 Å². The van der Waals surface area contributed by atoms with E-state index in [1.807, 2.05) is 0 Å². The minimum Gasteiger partial charge on any atom is -0.342 e. The number of nitriles is 1. The van der Waals surface area contributed by atoms with Gasteiger partial charge < -0.3 is 5.32 Å². The van der Waals surface area contributed by atoms with Gasteiger partial charge in [-0.05, 0) is 35.9 Å². The molecule has 1 aliphatic heterocycles. The second-order valence-electron chi connectivity index (χ2n) is 5.91. The number of hydrogen-bond acceptors (Lipinski definition) is 5. The molecule has 2 amide bonds. The molecule has 152 valence electrons. The summed E-state index contributed by atoms with van der Waals surface area (Å²) >= 11 is 12.9. The maximum absolute atomic E-state index is 14.4. The van der Waals surface area contributed by atoms with Crippen molar-refractivity contribution in [2.24, 2.45) is 4.99 Å². The number of hydrogen-bond donors (Lipinski definition) is 1. The molecule has 30 heavy (non-hydrogen) atoms. The fourth-order valence-corrected chi connectivity index (χ4v) is 3.66. The minimum atomic E-state index is -0.608. The quantitative estimate of drug-likeness (QED) is 0.531. The maximum atomic E-state index is 14.4. The Morgan fingerprint density at radius 3 is 2.73 bits per heavy atom. The van der Waals surface area contributed by atoms with Gasteiger partial charge in [0.1, 0.15) is 18.1 Å². The van der Waals surface area contributed by atoms with E-state index in [4.69, 9.17) is 28.5 Å². The van der Waals surface area contributed by atoms with Crippen molar-refractivity contribution in [1.29, 1.82) is 5.26 Å². The topological polar surface area (TPSA) is 85.6 Å². The SMILES string of the molecule is N#CCNC(=O)CSC1=N/C(=C\c2ccc(Cl)c(Cl)c2)C(=O)N1c1ccccc1F. The molecule has 1 aliphatic rings. The second-order valence-corrected chi connectivity index (χ2v) is 7.67. The highest BCUT2D eigenvalue weighted by Gasteiger charge is 2.33. The first kappa shape index (κ1) is 21.8. The van der Waals surface area contributed by atoms with Crippen molar-refractivity contribution in [2.45, 2.75) is 0 Å². The smallest absolute Gasteiger partial charge is 0.283 e. The largest absolute Gasteiger partial charge is 0.342 e. The van der Waals surface area contributed by atoms with Gasteiger partial charge in [0, 0.05) is 0 Å². The molecule has 0 spiro atoms. The summed E-state index contributed by atoms with van der Waals surface area (Å²) in [6.45, 7) is -0.135. The summed E-state index contributed by atoms with van der Waals surface area (Å²) in [7, 11) is 0. The zero-order valence-electron chi connectivity index (χ0n) is 15.2. The number of carbonyl (C=O) groups excluding carboxylic acids is 2. The molecule has 0 radical (unpaired) electrons. The van der Waals surface area contributed by atoms with Crippen molar-refractivity contribution in [3.63, 3.8) is 0 Å². The van der Waals surface area contributed by atoms with Crippen molar-refractivity contribution in [3.05, 3.63) is 69.6 Å². The Bertz CT molecular complexity index is 1110. The zero-order chi connectivity index (χ0) is 21.7. The lowest BCUT2D eigenvalue weighted by atomic mass is 10.2. The third-order valence-electron chi connectivity index (χ3n) is 3.87. The first-order valence-electron chi connectivity index (χ1n) is 8.51. The number of nitrogens with zero attached hydrogens (tertiary/aromatic N) is 3. The van der Waals surface area contributed by atoms with Crippen LogP contribution in [0.5, 0.6) is 0 Å². The van der Waals surface area contributed by atoms with Crippen LogP contribution in [0.4, 0.5) is 10.1 Å². The summed E-state index contributed by atoms with van der Waals surface area (Å²) in [4.78, 5) is 30.2. The van der Waals surface area contributed by atoms with Gasteiger partial charge in [-0.3, -0.25) is 14.5 Å². The van der Waals surface area contributed by atoms with Crippen LogP contribution in [0, 0.1) is 17.1 Å². The van der Waals surface area contributed by atoms with Crippen LogP contribution in [0.2, 0.25) is 10.0 Å². The van der Waals surface area contributed by atoms with Gasteiger partial charge in [0.05, 0.1) is 27.6 Å². The summed E-state index contributed by atoms with van der Waals surface area (Å²) in [5.74, 6) is -1.67. The molecule has 0 unspecified atom stereocenters. The van der Waals surface area contributed by atoms with E-state index in [9.17, 15) is 14.0 Å². The summed E-state index contributed by atoms with van der Waals surface area (Å²) in [6.07, 6.45) is 1.50. The van der Waals surface area contributed by atoms with Gasteiger partial charge in [0.15, 0.2) is 5.17 Å². The normalized spacial score (nSPS) is 14.6. The molecule has 3 rings (SSSR count). The summed E-state index contributed by atoms with van der Waals surface area (Å²) in [5.41, 5.74) is 0.656. The molecule has 1 N–H and O–H groups in total. The second kappa shape index (κ2) is 9.76. The first-order valence-corrected chi connectivity index (χ1v) is 10.3. The number of benzene rings is 2. The van der Waals surface area contributed by atoms with E-state index in [2.05, 4.69) is 10.3 Å². The first-order chi connectivity index (χ1) is 14.4. The average Bonchev–Trinajstić information content (AvgIpc) is 3.03. The van der Waals surface area contributed by atoms with Crippen LogP contribution in [0.15, 0.2) is 53.2 Å². The van der Waals surface area contributed by atoms with Crippen LogP contribution >= 0.6 is 35.0 Å². The lowest BCUT2D eigenvalue weighted by Crippen LogP contribution is -2.33. The highest BCUT2D eigenvalue weighted by atomic mass is 35.5. The van der Waals surface area contributed by atoms with Crippen LogP contribution < -0.4 is 10.2 Å². The maximum Gasteiger partial charge on any atom is 0.283 e. The third-order valence-corrected chi connectivity index (χ3v) is 5.54. The molecule has 0 fully saturated rings. The van der Waals surface area contributed by atoms with Crippen molar-refractivity contribution >= 4 is 63.7 Å². The molecule has 0 saturated carbocycles. The Hall–Kier alpha value is -2.86. The Kier molecular flexibility index (Phi) is 7.11. The predicted octanol–water partition coefficient (Wildman–Crippen LogP) is 4.25. The minimum absolute atomic E-state index is 0.0173. The number of amides is 2. The number of para-hydroxylation sites is 1. The van der Waals surface area contributed by atoms with E-state index in [0.29, 0.717) is 15.6 Å². The van der Waals surface area contributed by atoms with Gasteiger partial charge in [-0.1, -0.05) is 53.2 Å². The number of aliphatic imine (C=N–C) groups is 1. The number of halogens is 3. The zero-order valence-corrected chi connectivity index (χ0v) is 17.6. The molecular formula is C20H13Cl2FN4O2S. The summed E-state index contributed by atoms with van der Waals surface area (Å²) < 4.78 is 14.4. The van der Waals surface area contributed by atoms with Crippen LogP contribution in [-0.4, -0.2) is 29.3 Å². The molecule has 0 aliphatic carbocycles. The molecule has 0 bridgehead atoms. The molecule has 6 nitrogen and oxygen atoms in total. The van der Waals surface area contributed by atoms with E-state index >= 15 is 0 Å². The highest BCUT2D eigenvalue weighted by molar-refractivity contribution is 8.14. The average molecular weight is 463 g/mol. The van der Waals surface area contributed by atoms with Gasteiger partial charge in [0.25, 0.3) is 5.91 Å². The molecule has 0 saturated heterocycles. The van der Waals surface area contributed by atoms with Crippen molar-refractivity contribution in [2.75, 3.05) is 17.2 Å². The van der Waals surface area contributed by atoms with Crippen molar-refractivity contribution < 1.29 is 14.0 Å². The number of carbonyl (C=O) groups is 2. The number of rotatable bonds is 5. The Morgan fingerprint density at radius 1 is 1.27 bits per heavy atom. The number of nitrogens with one attached hydrogen (secondary N) is 1. The fraction of sp³-hybridized carbons (Fsp3) is 0.100. The van der Waals surface area contributed by atoms with E-state index < -0.39 is 17.6 Å². The fourth-order valence-electron chi connectivity index (χ4n) is 2.52. The van der Waals surface area contributed by atoms with E-state index in [0.717, 1.165) is 16.7 Å². The highest BCUT2D eigenvalue weighted by Crippen LogP contribution is 2.31. The Labute approximate surface area is 186 Å². The molecule has 2 aromatic rings. The molecule has 0 atom stereocenters. The number of amidine groups is 1. The summed E-state index contributed by atoms with van der Waals surface area (Å²) in [6, 6.07) is 12.4. The lowest BCUT2D eigenvalue weighted by molar-refractivity contribution is -0.118. The van der Waals surface area contributed by atoms with Crippen molar-refractivity contribution in [1.82, 2.24) is 5.32 Å². The molecule has 2 aromatic carbocycles. The van der Waals surface area contributed by atoms with Crippen molar-refractivity contribution in [3.8, 4) is 6.07 Å².